The molecule has 152 valence electrons. The second-order valence-electron chi connectivity index (χ2n) is 7.78. The highest BCUT2D eigenvalue weighted by Crippen LogP contribution is 2.36. The summed E-state index contributed by atoms with van der Waals surface area (Å²) in [7, 11) is 0. The van der Waals surface area contributed by atoms with Crippen molar-refractivity contribution in [2.75, 3.05) is 6.54 Å². The molecule has 0 unspecified atom stereocenters. The third-order valence-corrected chi connectivity index (χ3v) is 6.69. The lowest BCUT2D eigenvalue weighted by molar-refractivity contribution is -0.142. The molecule has 1 aliphatic heterocycles. The number of carbonyl (C=O) groups is 1. The van der Waals surface area contributed by atoms with Crippen molar-refractivity contribution in [3.8, 4) is 0 Å². The van der Waals surface area contributed by atoms with Gasteiger partial charge in [0.1, 0.15) is 0 Å². The van der Waals surface area contributed by atoms with Gasteiger partial charge in [-0.25, -0.2) is 0 Å². The number of rotatable bonds is 4. The highest BCUT2D eigenvalue weighted by molar-refractivity contribution is 7.09. The van der Waals surface area contributed by atoms with Gasteiger partial charge in [-0.1, -0.05) is 25.3 Å². The molecule has 8 heteroatoms. The number of nitrogens with zero attached hydrogens (tertiary/aromatic N) is 3. The lowest BCUT2D eigenvalue weighted by atomic mass is 9.86. The molecule has 4 nitrogen and oxygen atoms in total. The van der Waals surface area contributed by atoms with Crippen LogP contribution in [-0.2, 0) is 30.5 Å². The number of thiophene rings is 1. The lowest BCUT2D eigenvalue weighted by Crippen LogP contribution is -2.38. The topological polar surface area (TPSA) is 38.1 Å². The van der Waals surface area contributed by atoms with E-state index in [1.54, 1.807) is 4.90 Å². The summed E-state index contributed by atoms with van der Waals surface area (Å²) in [5.41, 5.74) is -0.00632. The van der Waals surface area contributed by atoms with E-state index >= 15 is 0 Å². The molecule has 1 aliphatic carbocycles. The number of amides is 1. The number of aromatic nitrogens is 2. The molecule has 0 atom stereocenters. The van der Waals surface area contributed by atoms with E-state index in [4.69, 9.17) is 0 Å². The van der Waals surface area contributed by atoms with Gasteiger partial charge in [0.05, 0.1) is 18.8 Å². The summed E-state index contributed by atoms with van der Waals surface area (Å²) in [6, 6.07) is 3.77. The van der Waals surface area contributed by atoms with Crippen molar-refractivity contribution in [1.82, 2.24) is 14.7 Å². The van der Waals surface area contributed by atoms with E-state index in [1.807, 2.05) is 17.5 Å². The Hall–Kier alpha value is -1.83. The van der Waals surface area contributed by atoms with Crippen LogP contribution in [0.1, 0.15) is 60.4 Å². The SMILES string of the molecule is O=C(CC1CCCCC1)N1CCc2c(C(F)(F)F)nn(Cc3cccs3)c2C1. The van der Waals surface area contributed by atoms with Crippen molar-refractivity contribution in [1.29, 1.82) is 0 Å². The van der Waals surface area contributed by atoms with Crippen LogP contribution in [-0.4, -0.2) is 27.1 Å². The normalized spacial score (nSPS) is 18.3. The van der Waals surface area contributed by atoms with Gasteiger partial charge in [0, 0.05) is 23.4 Å². The van der Waals surface area contributed by atoms with Crippen LogP contribution in [0.4, 0.5) is 13.2 Å². The van der Waals surface area contributed by atoms with Crippen LogP contribution in [0, 0.1) is 5.92 Å². The second-order valence-corrected chi connectivity index (χ2v) is 8.81. The fourth-order valence-electron chi connectivity index (χ4n) is 4.37. The molecule has 4 rings (SSSR count). The molecule has 2 aromatic heterocycles. The van der Waals surface area contributed by atoms with Crippen molar-refractivity contribution >= 4 is 17.2 Å². The Morgan fingerprint density at radius 2 is 2.04 bits per heavy atom. The van der Waals surface area contributed by atoms with Crippen LogP contribution >= 0.6 is 11.3 Å². The van der Waals surface area contributed by atoms with Crippen molar-refractivity contribution < 1.29 is 18.0 Å². The van der Waals surface area contributed by atoms with Crippen LogP contribution in [0.25, 0.3) is 0 Å². The number of hydrogen-bond acceptors (Lipinski definition) is 3. The van der Waals surface area contributed by atoms with Crippen molar-refractivity contribution in [2.45, 2.75) is 64.2 Å². The lowest BCUT2D eigenvalue weighted by Gasteiger charge is -2.30. The van der Waals surface area contributed by atoms with Gasteiger partial charge >= 0.3 is 6.18 Å². The van der Waals surface area contributed by atoms with Crippen LogP contribution in [0.5, 0.6) is 0 Å². The van der Waals surface area contributed by atoms with Crippen LogP contribution < -0.4 is 0 Å². The van der Waals surface area contributed by atoms with E-state index in [9.17, 15) is 18.0 Å². The van der Waals surface area contributed by atoms with Gasteiger partial charge in [0.2, 0.25) is 5.91 Å². The molecule has 1 amide bonds. The Morgan fingerprint density at radius 1 is 1.25 bits per heavy atom. The third kappa shape index (κ3) is 4.11. The fourth-order valence-corrected chi connectivity index (χ4v) is 5.06. The molecular formula is C20H24F3N3OS. The van der Waals surface area contributed by atoms with E-state index in [0.29, 0.717) is 31.1 Å². The Kier molecular flexibility index (Phi) is 5.49. The van der Waals surface area contributed by atoms with Crippen LogP contribution in [0.15, 0.2) is 17.5 Å². The molecule has 0 bridgehead atoms. The molecule has 1 fully saturated rings. The van der Waals surface area contributed by atoms with E-state index in [2.05, 4.69) is 5.10 Å². The average Bonchev–Trinajstić information content (AvgIpc) is 3.30. The summed E-state index contributed by atoms with van der Waals surface area (Å²) in [5.74, 6) is 0.486. The highest BCUT2D eigenvalue weighted by atomic mass is 32.1. The zero-order valence-corrected chi connectivity index (χ0v) is 16.5. The highest BCUT2D eigenvalue weighted by Gasteiger charge is 2.41. The third-order valence-electron chi connectivity index (χ3n) is 5.83. The maximum atomic E-state index is 13.5. The molecule has 2 aromatic rings. The largest absolute Gasteiger partial charge is 0.435 e. The van der Waals surface area contributed by atoms with Crippen molar-refractivity contribution in [2.24, 2.45) is 5.92 Å². The first-order chi connectivity index (χ1) is 13.4. The van der Waals surface area contributed by atoms with Gasteiger partial charge in [0.25, 0.3) is 0 Å². The van der Waals surface area contributed by atoms with Gasteiger partial charge in [0.15, 0.2) is 5.69 Å². The summed E-state index contributed by atoms with van der Waals surface area (Å²) in [4.78, 5) is 15.5. The zero-order valence-electron chi connectivity index (χ0n) is 15.7. The molecule has 0 radical (unpaired) electrons. The molecule has 0 aromatic carbocycles. The van der Waals surface area contributed by atoms with Gasteiger partial charge in [-0.2, -0.15) is 18.3 Å². The summed E-state index contributed by atoms with van der Waals surface area (Å²) in [6.45, 7) is 0.863. The first kappa shape index (κ1) is 19.5. The van der Waals surface area contributed by atoms with Crippen LogP contribution in [0.3, 0.4) is 0 Å². The molecule has 1 saturated carbocycles. The van der Waals surface area contributed by atoms with E-state index in [0.717, 1.165) is 17.7 Å². The van der Waals surface area contributed by atoms with Crippen LogP contribution in [0.2, 0.25) is 0 Å². The Labute approximate surface area is 166 Å². The summed E-state index contributed by atoms with van der Waals surface area (Å²) in [6.07, 6.45) is 2.00. The monoisotopic (exact) mass is 411 g/mol. The van der Waals surface area contributed by atoms with Crippen molar-refractivity contribution in [3.05, 3.63) is 39.3 Å². The molecule has 28 heavy (non-hydrogen) atoms. The number of hydrogen-bond donors (Lipinski definition) is 0. The zero-order chi connectivity index (χ0) is 19.7. The van der Waals surface area contributed by atoms with Gasteiger partial charge in [-0.15, -0.1) is 11.3 Å². The van der Waals surface area contributed by atoms with E-state index in [-0.39, 0.29) is 24.4 Å². The minimum Gasteiger partial charge on any atom is -0.336 e. The van der Waals surface area contributed by atoms with Gasteiger partial charge in [-0.05, 0) is 36.6 Å². The molecule has 0 N–H and O–H groups in total. The minimum atomic E-state index is -4.47. The Balaban J connectivity index is 1.55. The predicted octanol–water partition coefficient (Wildman–Crippen LogP) is 4.87. The summed E-state index contributed by atoms with van der Waals surface area (Å²) >= 11 is 1.49. The maximum absolute atomic E-state index is 13.5. The van der Waals surface area contributed by atoms with Gasteiger partial charge < -0.3 is 4.90 Å². The molecule has 3 heterocycles. The molecular weight excluding hydrogens is 387 g/mol. The maximum Gasteiger partial charge on any atom is 0.435 e. The Morgan fingerprint density at radius 3 is 2.71 bits per heavy atom. The molecule has 0 saturated heterocycles. The minimum absolute atomic E-state index is 0.0648. The van der Waals surface area contributed by atoms with Crippen molar-refractivity contribution in [3.63, 3.8) is 0 Å². The fraction of sp³-hybridized carbons (Fsp3) is 0.600. The standard InChI is InChI=1S/C20H24F3N3OS/c21-20(22,23)19-16-8-9-25(18(27)11-14-5-2-1-3-6-14)13-17(16)26(24-19)12-15-7-4-10-28-15/h4,7,10,14H,1-3,5-6,8-9,11-13H2. The summed E-state index contributed by atoms with van der Waals surface area (Å²) < 4.78 is 41.9. The number of alkyl halides is 3. The second kappa shape index (κ2) is 7.89. The summed E-state index contributed by atoms with van der Waals surface area (Å²) in [5, 5.41) is 5.81. The van der Waals surface area contributed by atoms with Gasteiger partial charge in [-0.3, -0.25) is 9.48 Å². The van der Waals surface area contributed by atoms with E-state index in [1.165, 1.54) is 35.3 Å². The van der Waals surface area contributed by atoms with E-state index < -0.39 is 11.9 Å². The molecule has 2 aliphatic rings. The first-order valence-electron chi connectivity index (χ1n) is 9.87. The average molecular weight is 411 g/mol. The first-order valence-corrected chi connectivity index (χ1v) is 10.8. The predicted molar refractivity (Wildman–Crippen MR) is 101 cm³/mol. The Bertz CT molecular complexity index is 823. The smallest absolute Gasteiger partial charge is 0.336 e. The quantitative estimate of drug-likeness (QED) is 0.720. The number of fused-ring (bicyclic) bond motifs is 1. The number of halogens is 3. The molecule has 0 spiro atoms. The number of carbonyl (C=O) groups excluding carboxylic acids is 1.